The Morgan fingerprint density at radius 2 is 2.04 bits per heavy atom. The summed E-state index contributed by atoms with van der Waals surface area (Å²) in [6.45, 7) is 0. The molecule has 0 spiro atoms. The van der Waals surface area contributed by atoms with E-state index in [9.17, 15) is 8.42 Å². The third-order valence-electron chi connectivity index (χ3n) is 4.32. The van der Waals surface area contributed by atoms with Crippen LogP contribution in [-0.2, 0) is 17.1 Å². The number of anilines is 1. The van der Waals surface area contributed by atoms with Crippen LogP contribution in [-0.4, -0.2) is 23.2 Å². The number of pyridine rings is 1. The topological polar surface area (TPSA) is 101 Å². The van der Waals surface area contributed by atoms with Crippen LogP contribution in [0.15, 0.2) is 29.3 Å². The van der Waals surface area contributed by atoms with E-state index >= 15 is 0 Å². The molecule has 0 amide bonds. The maximum Gasteiger partial charge on any atom is 0.264 e. The third-order valence-corrected chi connectivity index (χ3v) is 5.66. The molecule has 126 valence electrons. The minimum Gasteiger partial charge on any atom is -0.264 e. The lowest BCUT2D eigenvalue weighted by atomic mass is 9.87. The Morgan fingerprint density at radius 3 is 2.67 bits per heavy atom. The first-order valence-electron chi connectivity index (χ1n) is 7.92. The minimum absolute atomic E-state index is 0.0157. The van der Waals surface area contributed by atoms with Crippen molar-refractivity contribution in [3.8, 4) is 6.07 Å². The first-order chi connectivity index (χ1) is 11.5. The van der Waals surface area contributed by atoms with Crippen molar-refractivity contribution in [1.29, 1.82) is 5.26 Å². The van der Waals surface area contributed by atoms with Gasteiger partial charge >= 0.3 is 0 Å². The summed E-state index contributed by atoms with van der Waals surface area (Å²) in [5.41, 5.74) is 1.11. The van der Waals surface area contributed by atoms with Gasteiger partial charge in [0, 0.05) is 25.2 Å². The third kappa shape index (κ3) is 3.41. The molecule has 2 aromatic rings. The van der Waals surface area contributed by atoms with Crippen molar-refractivity contribution < 1.29 is 8.42 Å². The lowest BCUT2D eigenvalue weighted by Gasteiger charge is -2.19. The second-order valence-electron chi connectivity index (χ2n) is 6.01. The Balaban J connectivity index is 1.81. The van der Waals surface area contributed by atoms with E-state index in [2.05, 4.69) is 14.8 Å². The zero-order valence-electron chi connectivity index (χ0n) is 13.4. The molecular formula is C16H19N5O2S. The molecule has 0 aromatic carbocycles. The molecule has 1 aliphatic rings. The fourth-order valence-electron chi connectivity index (χ4n) is 2.98. The van der Waals surface area contributed by atoms with Crippen LogP contribution in [0, 0.1) is 11.3 Å². The molecule has 1 N–H and O–H groups in total. The molecule has 0 atom stereocenters. The van der Waals surface area contributed by atoms with Gasteiger partial charge in [-0.1, -0.05) is 19.3 Å². The summed E-state index contributed by atoms with van der Waals surface area (Å²) in [4.78, 5) is 3.82. The molecule has 0 unspecified atom stereocenters. The monoisotopic (exact) mass is 345 g/mol. The molecule has 0 aliphatic heterocycles. The van der Waals surface area contributed by atoms with Crippen LogP contribution in [0.1, 0.15) is 49.4 Å². The molecule has 0 saturated heterocycles. The van der Waals surface area contributed by atoms with Crippen molar-refractivity contribution in [3.63, 3.8) is 0 Å². The molecule has 2 heterocycles. The first-order valence-corrected chi connectivity index (χ1v) is 9.41. The molecule has 7 nitrogen and oxygen atoms in total. The Morgan fingerprint density at radius 1 is 1.29 bits per heavy atom. The average Bonchev–Trinajstić information content (AvgIpc) is 2.96. The summed E-state index contributed by atoms with van der Waals surface area (Å²) in [7, 11) is -2.04. The molecule has 2 aromatic heterocycles. The summed E-state index contributed by atoms with van der Waals surface area (Å²) in [5.74, 6) is 0.833. The normalized spacial score (nSPS) is 15.8. The number of nitriles is 1. The quantitative estimate of drug-likeness (QED) is 0.917. The largest absolute Gasteiger partial charge is 0.264 e. The molecule has 1 fully saturated rings. The van der Waals surface area contributed by atoms with E-state index in [-0.39, 0.29) is 10.6 Å². The highest BCUT2D eigenvalue weighted by molar-refractivity contribution is 7.92. The number of nitrogens with one attached hydrogen (secondary N) is 1. The van der Waals surface area contributed by atoms with Crippen molar-refractivity contribution in [2.24, 2.45) is 7.05 Å². The van der Waals surface area contributed by atoms with E-state index in [1.165, 1.54) is 37.6 Å². The molecule has 8 heteroatoms. The smallest absolute Gasteiger partial charge is 0.264 e. The number of sulfonamides is 1. The lowest BCUT2D eigenvalue weighted by molar-refractivity contribution is 0.433. The van der Waals surface area contributed by atoms with Crippen LogP contribution in [0.4, 0.5) is 5.82 Å². The average molecular weight is 345 g/mol. The molecule has 0 bridgehead atoms. The van der Waals surface area contributed by atoms with Gasteiger partial charge in [0.25, 0.3) is 10.0 Å². The summed E-state index contributed by atoms with van der Waals surface area (Å²) in [5, 5.41) is 13.2. The zero-order valence-corrected chi connectivity index (χ0v) is 14.3. The Bertz CT molecular complexity index is 859. The molecule has 1 saturated carbocycles. The fraction of sp³-hybridized carbons (Fsp3) is 0.438. The van der Waals surface area contributed by atoms with Gasteiger partial charge in [0.1, 0.15) is 22.5 Å². The number of rotatable bonds is 4. The van der Waals surface area contributed by atoms with Gasteiger partial charge in [-0.25, -0.2) is 13.4 Å². The van der Waals surface area contributed by atoms with Crippen LogP contribution in [0.3, 0.4) is 0 Å². The van der Waals surface area contributed by atoms with Crippen molar-refractivity contribution in [2.45, 2.75) is 42.9 Å². The highest BCUT2D eigenvalue weighted by Gasteiger charge is 2.22. The van der Waals surface area contributed by atoms with E-state index in [0.717, 1.165) is 18.5 Å². The van der Waals surface area contributed by atoms with E-state index in [1.807, 2.05) is 12.1 Å². The number of aryl methyl sites for hydroxylation is 1. The van der Waals surface area contributed by atoms with Crippen molar-refractivity contribution >= 4 is 15.8 Å². The van der Waals surface area contributed by atoms with Crippen LogP contribution in [0.5, 0.6) is 0 Å². The lowest BCUT2D eigenvalue weighted by Crippen LogP contribution is -2.15. The fourth-order valence-corrected chi connectivity index (χ4v) is 4.01. The number of aromatic nitrogens is 3. The highest BCUT2D eigenvalue weighted by Crippen LogP contribution is 2.33. The Kier molecular flexibility index (Phi) is 4.53. The Labute approximate surface area is 141 Å². The predicted octanol–water partition coefficient (Wildman–Crippen LogP) is 2.54. The number of hydrogen-bond acceptors (Lipinski definition) is 5. The van der Waals surface area contributed by atoms with Gasteiger partial charge in [-0.2, -0.15) is 10.4 Å². The van der Waals surface area contributed by atoms with Gasteiger partial charge in [-0.05, 0) is 25.0 Å². The predicted molar refractivity (Wildman–Crippen MR) is 88.8 cm³/mol. The van der Waals surface area contributed by atoms with Gasteiger partial charge in [0.2, 0.25) is 0 Å². The van der Waals surface area contributed by atoms with Crippen LogP contribution in [0.2, 0.25) is 0 Å². The molecule has 24 heavy (non-hydrogen) atoms. The second-order valence-corrected chi connectivity index (χ2v) is 7.69. The maximum atomic E-state index is 12.5. The van der Waals surface area contributed by atoms with Gasteiger partial charge < -0.3 is 0 Å². The van der Waals surface area contributed by atoms with Gasteiger partial charge in [-0.15, -0.1) is 0 Å². The van der Waals surface area contributed by atoms with Crippen molar-refractivity contribution in [3.05, 3.63) is 35.8 Å². The Hall–Kier alpha value is -2.40. The molecule has 3 rings (SSSR count). The molecule has 0 radical (unpaired) electrons. The van der Waals surface area contributed by atoms with Gasteiger partial charge in [0.05, 0.1) is 5.69 Å². The number of hydrogen-bond donors (Lipinski definition) is 1. The number of nitrogens with zero attached hydrogens (tertiary/aromatic N) is 4. The summed E-state index contributed by atoms with van der Waals surface area (Å²) >= 11 is 0. The standard InChI is InChI=1S/C16H19N5O2S/c1-21-16(9-15(19-21)12-5-3-2-4-6-12)20-24(22,23)14-8-7-13(10-17)18-11-14/h7-9,11-12,20H,2-6H2,1H3. The van der Waals surface area contributed by atoms with Crippen molar-refractivity contribution in [1.82, 2.24) is 14.8 Å². The summed E-state index contributed by atoms with van der Waals surface area (Å²) in [6, 6.07) is 6.42. The van der Waals surface area contributed by atoms with Crippen molar-refractivity contribution in [2.75, 3.05) is 4.72 Å². The maximum absolute atomic E-state index is 12.5. The second kappa shape index (κ2) is 6.61. The van der Waals surface area contributed by atoms with E-state index in [0.29, 0.717) is 11.7 Å². The molecule has 1 aliphatic carbocycles. The zero-order chi connectivity index (χ0) is 17.2. The van der Waals surface area contributed by atoms with Crippen LogP contribution < -0.4 is 4.72 Å². The summed E-state index contributed by atoms with van der Waals surface area (Å²) in [6.07, 6.45) is 7.03. The van der Waals surface area contributed by atoms with Crippen LogP contribution >= 0.6 is 0 Å². The van der Waals surface area contributed by atoms with E-state index in [1.54, 1.807) is 11.7 Å². The van der Waals surface area contributed by atoms with Crippen LogP contribution in [0.25, 0.3) is 0 Å². The first kappa shape index (κ1) is 16.5. The van der Waals surface area contributed by atoms with Gasteiger partial charge in [-0.3, -0.25) is 9.40 Å². The van der Waals surface area contributed by atoms with Gasteiger partial charge in [0.15, 0.2) is 0 Å². The summed E-state index contributed by atoms with van der Waals surface area (Å²) < 4.78 is 29.0. The van der Waals surface area contributed by atoms with E-state index < -0.39 is 10.0 Å². The highest BCUT2D eigenvalue weighted by atomic mass is 32.2. The minimum atomic E-state index is -3.76. The molecular weight excluding hydrogens is 326 g/mol. The van der Waals surface area contributed by atoms with E-state index in [4.69, 9.17) is 5.26 Å². The SMILES string of the molecule is Cn1nc(C2CCCCC2)cc1NS(=O)(=O)c1ccc(C#N)nc1.